The Morgan fingerprint density at radius 2 is 1.88 bits per heavy atom. The van der Waals surface area contributed by atoms with Gasteiger partial charge in [0.15, 0.2) is 0 Å². The molecule has 1 N–H and O–H groups in total. The number of hydrogen-bond acceptors (Lipinski definition) is 6. The summed E-state index contributed by atoms with van der Waals surface area (Å²) in [7, 11) is 1.60. The minimum absolute atomic E-state index is 0.0525. The second-order valence-corrected chi connectivity index (χ2v) is 11.0. The van der Waals surface area contributed by atoms with Gasteiger partial charge in [-0.05, 0) is 79.6 Å². The summed E-state index contributed by atoms with van der Waals surface area (Å²) in [6, 6.07) is 10.5. The molecule has 3 aromatic rings. The van der Waals surface area contributed by atoms with Crippen LogP contribution in [0.1, 0.15) is 60.6 Å². The molecule has 41 heavy (non-hydrogen) atoms. The van der Waals surface area contributed by atoms with E-state index in [0.29, 0.717) is 11.4 Å². The van der Waals surface area contributed by atoms with Crippen LogP contribution in [0.15, 0.2) is 42.5 Å². The molecule has 2 aromatic carbocycles. The van der Waals surface area contributed by atoms with E-state index in [9.17, 15) is 23.5 Å². The number of aliphatic carboxylic acids is 1. The van der Waals surface area contributed by atoms with Gasteiger partial charge in [0.1, 0.15) is 29.3 Å². The van der Waals surface area contributed by atoms with Gasteiger partial charge in [0.25, 0.3) is 0 Å². The zero-order chi connectivity index (χ0) is 28.8. The number of aromatic nitrogens is 1. The van der Waals surface area contributed by atoms with E-state index in [1.165, 1.54) is 17.0 Å². The number of carbonyl (C=O) groups is 2. The van der Waals surface area contributed by atoms with Crippen molar-refractivity contribution in [3.8, 4) is 16.9 Å². The third-order valence-electron chi connectivity index (χ3n) is 8.44. The average molecular weight is 564 g/mol. The molecule has 2 fully saturated rings. The van der Waals surface area contributed by atoms with E-state index in [2.05, 4.69) is 4.90 Å². The van der Waals surface area contributed by atoms with E-state index in [0.717, 1.165) is 66.5 Å². The zero-order valence-corrected chi connectivity index (χ0v) is 22.9. The van der Waals surface area contributed by atoms with Crippen molar-refractivity contribution in [2.24, 2.45) is 0 Å². The van der Waals surface area contributed by atoms with Gasteiger partial charge in [-0.3, -0.25) is 9.69 Å². The van der Waals surface area contributed by atoms with E-state index < -0.39 is 35.8 Å². The number of nitrogens with zero attached hydrogens (tertiary/aromatic N) is 3. The number of hydrogen-bond donors (Lipinski definition) is 1. The van der Waals surface area contributed by atoms with Crippen LogP contribution in [0.25, 0.3) is 11.1 Å². The van der Waals surface area contributed by atoms with Crippen molar-refractivity contribution in [1.82, 2.24) is 9.88 Å². The highest BCUT2D eigenvalue weighted by molar-refractivity contribution is 5.77. The molecule has 3 heterocycles. The van der Waals surface area contributed by atoms with Crippen LogP contribution < -0.4 is 9.64 Å². The van der Waals surface area contributed by atoms with Gasteiger partial charge in [0, 0.05) is 35.8 Å². The van der Waals surface area contributed by atoms with Crippen molar-refractivity contribution in [1.29, 1.82) is 0 Å². The van der Waals surface area contributed by atoms with Crippen LogP contribution in [0, 0.1) is 11.6 Å². The second-order valence-electron chi connectivity index (χ2n) is 11.0. The molecule has 0 spiro atoms. The number of carboxylic acids is 1. The smallest absolute Gasteiger partial charge is 0.411 e. The van der Waals surface area contributed by atoms with Gasteiger partial charge < -0.3 is 19.5 Å². The Morgan fingerprint density at radius 1 is 1.12 bits per heavy atom. The Labute approximate surface area is 236 Å². The third kappa shape index (κ3) is 5.07. The van der Waals surface area contributed by atoms with Crippen molar-refractivity contribution < 1.29 is 33.0 Å². The van der Waals surface area contributed by atoms with Crippen LogP contribution in [0.2, 0.25) is 0 Å². The Hall–Kier alpha value is -4.21. The number of ether oxygens (including phenoxy) is 2. The van der Waals surface area contributed by atoms with Gasteiger partial charge in [-0.2, -0.15) is 0 Å². The summed E-state index contributed by atoms with van der Waals surface area (Å²) in [6.45, 7) is 3.66. The molecule has 6 rings (SSSR count). The fraction of sp³-hybridized carbons (Fsp3) is 0.387. The minimum Gasteiger partial charge on any atom is -0.496 e. The first-order chi connectivity index (χ1) is 19.7. The highest BCUT2D eigenvalue weighted by Crippen LogP contribution is 2.44. The Balaban J connectivity index is 1.39. The first-order valence-corrected chi connectivity index (χ1v) is 13.8. The van der Waals surface area contributed by atoms with Crippen molar-refractivity contribution in [2.75, 3.05) is 25.1 Å². The van der Waals surface area contributed by atoms with Gasteiger partial charge in [-0.15, -0.1) is 0 Å². The molecule has 3 atom stereocenters. The molecular weight excluding hydrogens is 532 g/mol. The number of cyclic esters (lactones) is 1. The highest BCUT2D eigenvalue weighted by Gasteiger charge is 2.41. The number of fused-ring (bicyclic) bond motifs is 1. The third-order valence-corrected chi connectivity index (χ3v) is 8.44. The van der Waals surface area contributed by atoms with E-state index >= 15 is 0 Å². The quantitative estimate of drug-likeness (QED) is 0.369. The normalized spacial score (nSPS) is 21.5. The van der Waals surface area contributed by atoms with Gasteiger partial charge >= 0.3 is 12.1 Å². The first kappa shape index (κ1) is 27.0. The summed E-state index contributed by atoms with van der Waals surface area (Å²) in [5.74, 6) is -0.969. The van der Waals surface area contributed by atoms with E-state index in [4.69, 9.17) is 14.5 Å². The lowest BCUT2D eigenvalue weighted by Gasteiger charge is -2.33. The standard InChI is InChI=1S/C31H31F2N3O5/c1-17-30(20-10-21(32)14-22(33)11-20)41-31(39)36(17)16-26-23(6-7-28(34-26)35-8-3-9-35)25-15-24-18(12-27(25)40-2)4-5-19(24)13-29(37)38/h6-7,10-12,14-15,17,19,30H,3-5,8-9,13,16H2,1-2H3,(H,37,38)/t17-,19-,30-/m0/s1. The molecule has 10 heteroatoms. The second kappa shape index (κ2) is 10.6. The van der Waals surface area contributed by atoms with Crippen LogP contribution in [0.5, 0.6) is 5.75 Å². The lowest BCUT2D eigenvalue weighted by molar-refractivity contribution is -0.137. The summed E-state index contributed by atoms with van der Waals surface area (Å²) in [4.78, 5) is 33.3. The fourth-order valence-corrected chi connectivity index (χ4v) is 6.16. The van der Waals surface area contributed by atoms with Crippen molar-refractivity contribution in [3.05, 3.63) is 76.5 Å². The molecule has 0 saturated carbocycles. The van der Waals surface area contributed by atoms with Crippen molar-refractivity contribution in [3.63, 3.8) is 0 Å². The average Bonchev–Trinajstić information content (AvgIpc) is 3.41. The number of pyridine rings is 1. The number of amides is 1. The summed E-state index contributed by atoms with van der Waals surface area (Å²) in [5, 5.41) is 9.45. The molecule has 1 amide bonds. The first-order valence-electron chi connectivity index (χ1n) is 13.8. The molecule has 2 saturated heterocycles. The number of carboxylic acid groups (broad SMARTS) is 1. The minimum atomic E-state index is -0.846. The maximum atomic E-state index is 14.0. The predicted octanol–water partition coefficient (Wildman–Crippen LogP) is 5.83. The number of benzene rings is 2. The van der Waals surface area contributed by atoms with Crippen LogP contribution >= 0.6 is 0 Å². The summed E-state index contributed by atoms with van der Waals surface area (Å²) < 4.78 is 39.3. The van der Waals surface area contributed by atoms with Crippen LogP contribution in [-0.2, 0) is 22.5 Å². The molecular formula is C31H31F2N3O5. The highest BCUT2D eigenvalue weighted by atomic mass is 19.1. The predicted molar refractivity (Wildman–Crippen MR) is 147 cm³/mol. The number of carbonyl (C=O) groups excluding carboxylic acids is 1. The number of rotatable bonds is 8. The van der Waals surface area contributed by atoms with Crippen molar-refractivity contribution in [2.45, 2.75) is 57.2 Å². The molecule has 0 bridgehead atoms. The molecule has 2 aliphatic heterocycles. The summed E-state index contributed by atoms with van der Waals surface area (Å²) in [6.07, 6.45) is 1.22. The maximum absolute atomic E-state index is 14.0. The SMILES string of the molecule is COc1cc2c(cc1-c1ccc(N3CCC3)nc1CN1C(=O)O[C@H](c3cc(F)cc(F)c3)[C@@H]1C)[C@H](CC(=O)O)CC2. The summed E-state index contributed by atoms with van der Waals surface area (Å²) >= 11 is 0. The Morgan fingerprint density at radius 3 is 2.54 bits per heavy atom. The number of aryl methyl sites for hydroxylation is 1. The molecule has 1 aliphatic carbocycles. The molecule has 1 aromatic heterocycles. The monoisotopic (exact) mass is 563 g/mol. The van der Waals surface area contributed by atoms with Gasteiger partial charge in [0.2, 0.25) is 0 Å². The molecule has 8 nitrogen and oxygen atoms in total. The fourth-order valence-electron chi connectivity index (χ4n) is 6.16. The topological polar surface area (TPSA) is 92.2 Å². The lowest BCUT2D eigenvalue weighted by Crippen LogP contribution is -2.38. The van der Waals surface area contributed by atoms with Crippen molar-refractivity contribution >= 4 is 17.9 Å². The zero-order valence-electron chi connectivity index (χ0n) is 22.9. The van der Waals surface area contributed by atoms with Crippen LogP contribution in [0.4, 0.5) is 19.4 Å². The summed E-state index contributed by atoms with van der Waals surface area (Å²) in [5.41, 5.74) is 4.46. The van der Waals surface area contributed by atoms with Gasteiger partial charge in [-0.1, -0.05) is 0 Å². The number of anilines is 1. The maximum Gasteiger partial charge on any atom is 0.411 e. The van der Waals surface area contributed by atoms with Gasteiger partial charge in [-0.25, -0.2) is 18.6 Å². The largest absolute Gasteiger partial charge is 0.496 e. The molecule has 214 valence electrons. The van der Waals surface area contributed by atoms with E-state index in [1.807, 2.05) is 24.3 Å². The number of methoxy groups -OCH3 is 1. The van der Waals surface area contributed by atoms with Gasteiger partial charge in [0.05, 0.1) is 31.8 Å². The molecule has 0 radical (unpaired) electrons. The number of halogens is 2. The molecule has 3 aliphatic rings. The lowest BCUT2D eigenvalue weighted by atomic mass is 9.92. The van der Waals surface area contributed by atoms with E-state index in [-0.39, 0.29) is 24.4 Å². The Bertz CT molecular complexity index is 1510. The Kier molecular flexibility index (Phi) is 7.01. The van der Waals surface area contributed by atoms with E-state index in [1.54, 1.807) is 14.0 Å². The van der Waals surface area contributed by atoms with Crippen LogP contribution in [0.3, 0.4) is 0 Å². The van der Waals surface area contributed by atoms with Crippen LogP contribution in [-0.4, -0.2) is 53.3 Å². The molecule has 0 unspecified atom stereocenters.